The molecule has 1 aromatic rings. The maximum atomic E-state index is 11.7. The lowest BCUT2D eigenvalue weighted by atomic mass is 9.95. The number of aryl methyl sites for hydroxylation is 1. The van der Waals surface area contributed by atoms with Crippen molar-refractivity contribution in [3.05, 3.63) is 29.8 Å². The Morgan fingerprint density at radius 3 is 2.68 bits per heavy atom. The fourth-order valence-electron chi connectivity index (χ4n) is 1.52. The minimum Gasteiger partial charge on any atom is -0.483 e. The molecule has 4 heteroatoms. The van der Waals surface area contributed by atoms with Crippen LogP contribution in [0.1, 0.15) is 26.3 Å². The Hall–Kier alpha value is -1.55. The highest BCUT2D eigenvalue weighted by atomic mass is 16.5. The van der Waals surface area contributed by atoms with Crippen molar-refractivity contribution in [1.82, 2.24) is 5.32 Å². The molecular weight excluding hydrogens is 242 g/mol. The molecule has 0 aromatic heterocycles. The van der Waals surface area contributed by atoms with Crippen LogP contribution in [0.25, 0.3) is 0 Å². The second-order valence-corrected chi connectivity index (χ2v) is 5.35. The molecule has 1 rings (SSSR count). The quantitative estimate of drug-likeness (QED) is 0.790. The van der Waals surface area contributed by atoms with Crippen LogP contribution in [0, 0.1) is 5.41 Å². The summed E-state index contributed by atoms with van der Waals surface area (Å²) < 4.78 is 5.51. The van der Waals surface area contributed by atoms with Crippen molar-refractivity contribution in [1.29, 1.82) is 0 Å². The Bertz CT molecular complexity index is 416. The van der Waals surface area contributed by atoms with Gasteiger partial charge in [0.25, 0.3) is 5.91 Å². The number of benzene rings is 1. The number of ether oxygens (including phenoxy) is 1. The lowest BCUT2D eigenvalue weighted by Crippen LogP contribution is -2.38. The van der Waals surface area contributed by atoms with Gasteiger partial charge in [0.1, 0.15) is 5.75 Å². The van der Waals surface area contributed by atoms with Crippen molar-refractivity contribution in [3.8, 4) is 5.75 Å². The first-order chi connectivity index (χ1) is 8.98. The first kappa shape index (κ1) is 15.5. The van der Waals surface area contributed by atoms with Crippen molar-refractivity contribution in [3.63, 3.8) is 0 Å². The van der Waals surface area contributed by atoms with Crippen LogP contribution in [0.15, 0.2) is 24.3 Å². The van der Waals surface area contributed by atoms with Gasteiger partial charge >= 0.3 is 0 Å². The number of carbonyl (C=O) groups is 1. The molecule has 0 unspecified atom stereocenters. The fourth-order valence-corrected chi connectivity index (χ4v) is 1.52. The highest BCUT2D eigenvalue weighted by Gasteiger charge is 2.17. The second-order valence-electron chi connectivity index (χ2n) is 5.35. The fraction of sp³-hybridized carbons (Fsp3) is 0.533. The molecule has 0 aliphatic carbocycles. The molecule has 0 saturated carbocycles. The third-order valence-corrected chi connectivity index (χ3v) is 2.90. The predicted octanol–water partition coefficient (Wildman–Crippen LogP) is 1.76. The maximum Gasteiger partial charge on any atom is 0.257 e. The molecule has 0 bridgehead atoms. The summed E-state index contributed by atoms with van der Waals surface area (Å²) in [6.07, 6.45) is 0.870. The first-order valence-corrected chi connectivity index (χ1v) is 6.57. The minimum absolute atomic E-state index is 0.00147. The third kappa shape index (κ3) is 5.30. The van der Waals surface area contributed by atoms with Gasteiger partial charge in [-0.25, -0.2) is 0 Å². The second kappa shape index (κ2) is 7.14. The number of amides is 1. The number of nitrogens with one attached hydrogen (secondary N) is 1. The monoisotopic (exact) mass is 265 g/mol. The molecule has 106 valence electrons. The summed E-state index contributed by atoms with van der Waals surface area (Å²) in [7, 11) is 0. The summed E-state index contributed by atoms with van der Waals surface area (Å²) in [4.78, 5) is 11.7. The van der Waals surface area contributed by atoms with Crippen molar-refractivity contribution < 1.29 is 14.6 Å². The van der Waals surface area contributed by atoms with E-state index in [1.54, 1.807) is 0 Å². The lowest BCUT2D eigenvalue weighted by molar-refractivity contribution is -0.123. The van der Waals surface area contributed by atoms with Crippen molar-refractivity contribution >= 4 is 5.91 Å². The van der Waals surface area contributed by atoms with Crippen LogP contribution in [0.5, 0.6) is 5.75 Å². The van der Waals surface area contributed by atoms with Gasteiger partial charge in [0.05, 0.1) is 0 Å². The zero-order valence-corrected chi connectivity index (χ0v) is 11.9. The summed E-state index contributed by atoms with van der Waals surface area (Å²) in [5, 5.41) is 11.9. The van der Waals surface area contributed by atoms with Crippen LogP contribution in [0.4, 0.5) is 0 Å². The number of aliphatic hydroxyl groups excluding tert-OH is 1. The Balaban J connectivity index is 2.42. The molecule has 0 fully saturated rings. The van der Waals surface area contributed by atoms with Gasteiger partial charge in [-0.05, 0) is 18.1 Å². The summed E-state index contributed by atoms with van der Waals surface area (Å²) in [5.74, 6) is 0.578. The topological polar surface area (TPSA) is 58.6 Å². The van der Waals surface area contributed by atoms with E-state index < -0.39 is 0 Å². The molecule has 2 N–H and O–H groups in total. The maximum absolute atomic E-state index is 11.7. The van der Waals surface area contributed by atoms with Crippen LogP contribution < -0.4 is 10.1 Å². The number of hydrogen-bond acceptors (Lipinski definition) is 3. The zero-order valence-electron chi connectivity index (χ0n) is 11.9. The van der Waals surface area contributed by atoms with Crippen molar-refractivity contribution in [2.75, 3.05) is 19.8 Å². The van der Waals surface area contributed by atoms with E-state index in [2.05, 4.69) is 5.32 Å². The third-order valence-electron chi connectivity index (χ3n) is 2.90. The van der Waals surface area contributed by atoms with E-state index in [0.717, 1.165) is 17.7 Å². The smallest absolute Gasteiger partial charge is 0.257 e. The van der Waals surface area contributed by atoms with Crippen LogP contribution in [0.3, 0.4) is 0 Å². The molecule has 0 heterocycles. The van der Waals surface area contributed by atoms with Gasteiger partial charge in [0.15, 0.2) is 6.61 Å². The first-order valence-electron chi connectivity index (χ1n) is 6.57. The van der Waals surface area contributed by atoms with Crippen LogP contribution in [0.2, 0.25) is 0 Å². The molecular formula is C15H23NO3. The minimum atomic E-state index is -0.309. The number of aliphatic hydroxyl groups is 1. The van der Waals surface area contributed by atoms with Crippen LogP contribution in [-0.4, -0.2) is 30.8 Å². The van der Waals surface area contributed by atoms with Crippen LogP contribution >= 0.6 is 0 Å². The van der Waals surface area contributed by atoms with E-state index in [0.29, 0.717) is 6.54 Å². The molecule has 0 aliphatic rings. The predicted molar refractivity (Wildman–Crippen MR) is 75.2 cm³/mol. The van der Waals surface area contributed by atoms with E-state index in [1.165, 1.54) is 0 Å². The number of carbonyl (C=O) groups excluding carboxylic acids is 1. The lowest BCUT2D eigenvalue weighted by Gasteiger charge is -2.21. The molecule has 0 atom stereocenters. The number of hydrogen-bond donors (Lipinski definition) is 2. The van der Waals surface area contributed by atoms with Gasteiger partial charge in [-0.1, -0.05) is 39.0 Å². The van der Waals surface area contributed by atoms with Gasteiger partial charge in [0, 0.05) is 18.6 Å². The van der Waals surface area contributed by atoms with Gasteiger partial charge in [-0.3, -0.25) is 4.79 Å². The van der Waals surface area contributed by atoms with Gasteiger partial charge in [-0.2, -0.15) is 0 Å². The standard InChI is InChI=1S/C15H23NO3/c1-4-12-7-5-6-8-13(12)19-9-14(18)16-10-15(2,3)11-17/h5-8,17H,4,9-11H2,1-3H3,(H,16,18). The van der Waals surface area contributed by atoms with Gasteiger partial charge in [0.2, 0.25) is 0 Å². The highest BCUT2D eigenvalue weighted by Crippen LogP contribution is 2.18. The molecule has 1 aromatic carbocycles. The van der Waals surface area contributed by atoms with Gasteiger partial charge < -0.3 is 15.2 Å². The largest absolute Gasteiger partial charge is 0.483 e. The molecule has 0 saturated heterocycles. The van der Waals surface area contributed by atoms with E-state index in [9.17, 15) is 4.79 Å². The molecule has 0 radical (unpaired) electrons. The van der Waals surface area contributed by atoms with E-state index in [-0.39, 0.29) is 24.5 Å². The molecule has 0 aliphatic heterocycles. The van der Waals surface area contributed by atoms with Crippen molar-refractivity contribution in [2.45, 2.75) is 27.2 Å². The van der Waals surface area contributed by atoms with Crippen LogP contribution in [-0.2, 0) is 11.2 Å². The van der Waals surface area contributed by atoms with Gasteiger partial charge in [-0.15, -0.1) is 0 Å². The van der Waals surface area contributed by atoms with Crippen molar-refractivity contribution in [2.24, 2.45) is 5.41 Å². The van der Waals surface area contributed by atoms with E-state index in [1.807, 2.05) is 45.0 Å². The molecule has 19 heavy (non-hydrogen) atoms. The summed E-state index contributed by atoms with van der Waals surface area (Å²) in [6.45, 7) is 6.29. The highest BCUT2D eigenvalue weighted by molar-refractivity contribution is 5.77. The van der Waals surface area contributed by atoms with E-state index in [4.69, 9.17) is 9.84 Å². The average Bonchev–Trinajstić information content (AvgIpc) is 2.43. The molecule has 0 spiro atoms. The SMILES string of the molecule is CCc1ccccc1OCC(=O)NCC(C)(C)CO. The number of rotatable bonds is 7. The average molecular weight is 265 g/mol. The Morgan fingerprint density at radius 2 is 2.05 bits per heavy atom. The summed E-state index contributed by atoms with van der Waals surface area (Å²) in [5.41, 5.74) is 0.780. The number of para-hydroxylation sites is 1. The Morgan fingerprint density at radius 1 is 1.37 bits per heavy atom. The zero-order chi connectivity index (χ0) is 14.3. The summed E-state index contributed by atoms with van der Waals surface area (Å²) >= 11 is 0. The normalized spacial score (nSPS) is 11.2. The van der Waals surface area contributed by atoms with E-state index >= 15 is 0 Å². The summed E-state index contributed by atoms with van der Waals surface area (Å²) in [6, 6.07) is 7.70. The molecule has 1 amide bonds. The Kier molecular flexibility index (Phi) is 5.83. The molecule has 4 nitrogen and oxygen atoms in total. The Labute approximate surface area is 114 Å².